The van der Waals surface area contributed by atoms with Gasteiger partial charge in [-0.15, -0.1) is 0 Å². The van der Waals surface area contributed by atoms with E-state index in [1.54, 1.807) is 0 Å². The summed E-state index contributed by atoms with van der Waals surface area (Å²) < 4.78 is 6.89. The zero-order chi connectivity index (χ0) is 35.6. The fourth-order valence-electron chi connectivity index (χ4n) is 9.12. The molecule has 9 aromatic rings. The molecular weight excluding hydrogens is 653 g/mol. The number of rotatable bonds is 5. The van der Waals surface area contributed by atoms with Crippen LogP contribution in [0.3, 0.4) is 0 Å². The van der Waals surface area contributed by atoms with Crippen molar-refractivity contribution in [1.29, 1.82) is 0 Å². The van der Waals surface area contributed by atoms with Gasteiger partial charge >= 0.3 is 0 Å². The van der Waals surface area contributed by atoms with Crippen molar-refractivity contribution in [3.8, 4) is 33.8 Å². The number of fused-ring (bicyclic) bond motifs is 6. The Labute approximate surface area is 315 Å². The lowest BCUT2D eigenvalue weighted by molar-refractivity contribution is 0.487. The van der Waals surface area contributed by atoms with E-state index in [2.05, 4.69) is 199 Å². The first kappa shape index (κ1) is 30.8. The van der Waals surface area contributed by atoms with Gasteiger partial charge in [0.25, 0.3) is 6.71 Å². The summed E-state index contributed by atoms with van der Waals surface area (Å²) >= 11 is 0. The van der Waals surface area contributed by atoms with Crippen LogP contribution in [0, 0.1) is 0 Å². The molecule has 2 heterocycles. The average Bonchev–Trinajstić information content (AvgIpc) is 3.23. The molecule has 2 nitrogen and oxygen atoms in total. The van der Waals surface area contributed by atoms with Crippen molar-refractivity contribution < 1.29 is 4.74 Å². The molecule has 0 aliphatic carbocycles. The first-order chi connectivity index (χ1) is 26.8. The summed E-state index contributed by atoms with van der Waals surface area (Å²) in [4.78, 5) is 2.36. The van der Waals surface area contributed by atoms with Crippen molar-refractivity contribution >= 4 is 61.7 Å². The van der Waals surface area contributed by atoms with Gasteiger partial charge in [-0.25, -0.2) is 0 Å². The molecule has 0 N–H and O–H groups in total. The molecule has 0 radical (unpaired) electrons. The van der Waals surface area contributed by atoms with Gasteiger partial charge in [0.1, 0.15) is 11.5 Å². The Morgan fingerprint density at radius 1 is 0.389 bits per heavy atom. The largest absolute Gasteiger partial charge is 0.458 e. The second-order valence-corrected chi connectivity index (χ2v) is 14.4. The maximum absolute atomic E-state index is 6.89. The van der Waals surface area contributed by atoms with E-state index in [0.29, 0.717) is 0 Å². The number of benzene rings is 9. The molecule has 54 heavy (non-hydrogen) atoms. The number of hydrogen-bond acceptors (Lipinski definition) is 2. The van der Waals surface area contributed by atoms with Gasteiger partial charge < -0.3 is 9.64 Å². The van der Waals surface area contributed by atoms with Crippen LogP contribution in [-0.4, -0.2) is 6.71 Å². The summed E-state index contributed by atoms with van der Waals surface area (Å²) in [7, 11) is 0. The lowest BCUT2D eigenvalue weighted by Crippen LogP contribution is -2.59. The highest BCUT2D eigenvalue weighted by Crippen LogP contribution is 2.45. The third kappa shape index (κ3) is 4.82. The zero-order valence-electron chi connectivity index (χ0n) is 29.6. The molecule has 2 aliphatic heterocycles. The summed E-state index contributed by atoms with van der Waals surface area (Å²) in [5.74, 6) is 1.88. The van der Waals surface area contributed by atoms with E-state index in [4.69, 9.17) is 4.74 Å². The first-order valence-corrected chi connectivity index (χ1v) is 18.8. The van der Waals surface area contributed by atoms with Crippen molar-refractivity contribution in [2.45, 2.75) is 6.42 Å². The Morgan fingerprint density at radius 3 is 1.56 bits per heavy atom. The normalized spacial score (nSPS) is 12.5. The minimum Gasteiger partial charge on any atom is -0.458 e. The Balaban J connectivity index is 1.14. The number of para-hydroxylation sites is 3. The lowest BCUT2D eigenvalue weighted by Gasteiger charge is -2.35. The second-order valence-electron chi connectivity index (χ2n) is 14.4. The van der Waals surface area contributed by atoms with E-state index in [-0.39, 0.29) is 6.71 Å². The van der Waals surface area contributed by atoms with Crippen molar-refractivity contribution in [1.82, 2.24) is 0 Å². The lowest BCUT2D eigenvalue weighted by atomic mass is 9.32. The van der Waals surface area contributed by atoms with Gasteiger partial charge in [0.05, 0.1) is 0 Å². The van der Waals surface area contributed by atoms with Crippen LogP contribution in [0.5, 0.6) is 11.5 Å². The highest BCUT2D eigenvalue weighted by atomic mass is 16.5. The van der Waals surface area contributed by atoms with Crippen LogP contribution in [0.4, 0.5) is 17.1 Å². The van der Waals surface area contributed by atoms with Crippen LogP contribution in [0.25, 0.3) is 43.8 Å². The molecule has 0 amide bonds. The molecule has 0 bridgehead atoms. The summed E-state index contributed by atoms with van der Waals surface area (Å²) in [6.07, 6.45) is 0.816. The molecule has 2 aliphatic rings. The summed E-state index contributed by atoms with van der Waals surface area (Å²) in [5, 5.41) is 5.00. The number of ether oxygens (including phenoxy) is 1. The van der Waals surface area contributed by atoms with Gasteiger partial charge in [-0.05, 0) is 121 Å². The van der Waals surface area contributed by atoms with Crippen molar-refractivity contribution in [2.75, 3.05) is 4.90 Å². The fraction of sp³-hybridized carbons (Fsp3) is 0.0196. The molecule has 0 aromatic heterocycles. The minimum absolute atomic E-state index is 0.0858. The van der Waals surface area contributed by atoms with Crippen LogP contribution in [0.15, 0.2) is 194 Å². The van der Waals surface area contributed by atoms with E-state index in [0.717, 1.165) is 35.0 Å². The number of anilines is 3. The number of nitrogens with zero attached hydrogens (tertiary/aromatic N) is 1. The van der Waals surface area contributed by atoms with Gasteiger partial charge in [-0.1, -0.05) is 151 Å². The van der Waals surface area contributed by atoms with E-state index in [1.807, 2.05) is 0 Å². The fourth-order valence-corrected chi connectivity index (χ4v) is 9.12. The monoisotopic (exact) mass is 687 g/mol. The van der Waals surface area contributed by atoms with Gasteiger partial charge in [0, 0.05) is 17.1 Å². The van der Waals surface area contributed by atoms with Crippen molar-refractivity contribution in [3.63, 3.8) is 0 Å². The molecule has 0 spiro atoms. The Morgan fingerprint density at radius 2 is 0.926 bits per heavy atom. The van der Waals surface area contributed by atoms with E-state index >= 15 is 0 Å². The Bertz CT molecular complexity index is 2790. The molecule has 0 saturated heterocycles. The predicted molar refractivity (Wildman–Crippen MR) is 227 cm³/mol. The van der Waals surface area contributed by atoms with Gasteiger partial charge in [-0.3, -0.25) is 0 Å². The van der Waals surface area contributed by atoms with Crippen LogP contribution >= 0.6 is 0 Å². The highest BCUT2D eigenvalue weighted by molar-refractivity contribution is 6.97. The van der Waals surface area contributed by atoms with Crippen LogP contribution < -0.4 is 26.0 Å². The maximum atomic E-state index is 6.89. The standard InChI is InChI=1S/C51H34BNO/c1-4-16-34(17-5-1)49-41-22-10-12-24-43(41)50(44-25-13-11-23-42(44)49)36-31-37-30-35-32-40(53(38-18-6-2-7-19-38)39-20-8-3-9-21-39)28-29-45(35)52-46-26-14-15-27-47(46)54-48(33-36)51(37)52/h1-29,31-33H,30H2. The van der Waals surface area contributed by atoms with Crippen LogP contribution in [0.2, 0.25) is 0 Å². The third-order valence-corrected chi connectivity index (χ3v) is 11.4. The summed E-state index contributed by atoms with van der Waals surface area (Å²) in [6, 6.07) is 70.4. The molecule has 0 saturated carbocycles. The van der Waals surface area contributed by atoms with E-state index < -0.39 is 0 Å². The molecule has 3 heteroatoms. The maximum Gasteiger partial charge on any atom is 0.251 e. The molecule has 252 valence electrons. The second kappa shape index (κ2) is 12.4. The van der Waals surface area contributed by atoms with Gasteiger partial charge in [0.2, 0.25) is 0 Å². The van der Waals surface area contributed by atoms with Crippen LogP contribution in [0.1, 0.15) is 11.1 Å². The quantitative estimate of drug-likeness (QED) is 0.132. The Kier molecular flexibility index (Phi) is 7.06. The SMILES string of the molecule is c1ccc(-c2c3ccccc3c(-c3cc4c5c(c3)Oc3ccccc3B5c3ccc(N(c5ccccc5)c5ccccc5)cc3C4)c3ccccc23)cc1. The predicted octanol–water partition coefficient (Wildman–Crippen LogP) is 11.3. The smallest absolute Gasteiger partial charge is 0.251 e. The third-order valence-electron chi connectivity index (χ3n) is 11.4. The number of hydrogen-bond donors (Lipinski definition) is 0. The molecule has 0 fully saturated rings. The first-order valence-electron chi connectivity index (χ1n) is 18.8. The molecular formula is C51H34BNO. The van der Waals surface area contributed by atoms with Crippen molar-refractivity contribution in [3.05, 3.63) is 205 Å². The molecule has 9 aromatic carbocycles. The summed E-state index contributed by atoms with van der Waals surface area (Å²) in [6.45, 7) is 0.0858. The average molecular weight is 688 g/mol. The van der Waals surface area contributed by atoms with Crippen LogP contribution in [-0.2, 0) is 6.42 Å². The molecule has 11 rings (SSSR count). The molecule has 0 atom stereocenters. The van der Waals surface area contributed by atoms with Crippen molar-refractivity contribution in [2.24, 2.45) is 0 Å². The van der Waals surface area contributed by atoms with E-state index in [1.165, 1.54) is 71.3 Å². The van der Waals surface area contributed by atoms with Gasteiger partial charge in [-0.2, -0.15) is 0 Å². The topological polar surface area (TPSA) is 12.5 Å². The summed E-state index contributed by atoms with van der Waals surface area (Å²) in [5.41, 5.74) is 14.9. The zero-order valence-corrected chi connectivity index (χ0v) is 29.6. The Hall–Kier alpha value is -6.84. The highest BCUT2D eigenvalue weighted by Gasteiger charge is 2.39. The molecule has 0 unspecified atom stereocenters. The van der Waals surface area contributed by atoms with E-state index in [9.17, 15) is 0 Å². The minimum atomic E-state index is 0.0858. The van der Waals surface area contributed by atoms with Gasteiger partial charge in [0.15, 0.2) is 0 Å².